The summed E-state index contributed by atoms with van der Waals surface area (Å²) in [4.78, 5) is 26.6. The van der Waals surface area contributed by atoms with Gasteiger partial charge in [-0.3, -0.25) is 9.59 Å². The summed E-state index contributed by atoms with van der Waals surface area (Å²) in [5.74, 6) is 0.0802. The Morgan fingerprint density at radius 3 is 2.53 bits per heavy atom. The van der Waals surface area contributed by atoms with Crippen molar-refractivity contribution in [3.8, 4) is 0 Å². The number of amides is 2. The van der Waals surface area contributed by atoms with Crippen LogP contribution in [-0.2, 0) is 9.59 Å². The first-order valence-corrected chi connectivity index (χ1v) is 6.06. The van der Waals surface area contributed by atoms with E-state index in [4.69, 9.17) is 0 Å². The molecule has 2 amide bonds. The minimum atomic E-state index is 0.0216. The minimum Gasteiger partial charge on any atom is -0.342 e. The Morgan fingerprint density at radius 2 is 2.00 bits per heavy atom. The van der Waals surface area contributed by atoms with Gasteiger partial charge < -0.3 is 15.1 Å². The van der Waals surface area contributed by atoms with E-state index in [9.17, 15) is 9.59 Å². The molecule has 0 aromatic carbocycles. The molecule has 5 heteroatoms. The highest BCUT2D eigenvalue weighted by Crippen LogP contribution is 2.04. The van der Waals surface area contributed by atoms with Crippen LogP contribution in [0.2, 0.25) is 0 Å². The largest absolute Gasteiger partial charge is 0.342 e. The molecule has 1 N–H and O–H groups in total. The molecule has 0 aromatic heterocycles. The van der Waals surface area contributed by atoms with Crippen LogP contribution in [0, 0.1) is 0 Å². The molecule has 1 saturated heterocycles. The highest BCUT2D eigenvalue weighted by molar-refractivity contribution is 5.85. The van der Waals surface area contributed by atoms with E-state index in [0.29, 0.717) is 26.1 Å². The van der Waals surface area contributed by atoms with Crippen LogP contribution >= 0.6 is 0 Å². The topological polar surface area (TPSA) is 52.6 Å². The second-order valence-electron chi connectivity index (χ2n) is 5.56. The average Bonchev–Trinajstić information content (AvgIpc) is 2.20. The molecule has 5 nitrogen and oxygen atoms in total. The van der Waals surface area contributed by atoms with Crippen molar-refractivity contribution < 1.29 is 9.59 Å². The van der Waals surface area contributed by atoms with Gasteiger partial charge in [0.1, 0.15) is 0 Å². The normalized spacial score (nSPS) is 17.5. The van der Waals surface area contributed by atoms with Crippen LogP contribution in [0.5, 0.6) is 0 Å². The number of piperazine rings is 1. The molecule has 1 heterocycles. The van der Waals surface area contributed by atoms with Crippen molar-refractivity contribution in [2.75, 3.05) is 33.2 Å². The summed E-state index contributed by atoms with van der Waals surface area (Å²) in [6.45, 7) is 8.37. The van der Waals surface area contributed by atoms with E-state index in [1.165, 1.54) is 0 Å². The van der Waals surface area contributed by atoms with Crippen molar-refractivity contribution in [1.29, 1.82) is 0 Å². The van der Waals surface area contributed by atoms with Crippen molar-refractivity contribution >= 4 is 11.8 Å². The predicted molar refractivity (Wildman–Crippen MR) is 66.6 cm³/mol. The highest BCUT2D eigenvalue weighted by atomic mass is 16.2. The van der Waals surface area contributed by atoms with Gasteiger partial charge in [0.05, 0.1) is 6.54 Å². The third kappa shape index (κ3) is 4.73. The van der Waals surface area contributed by atoms with E-state index >= 15 is 0 Å². The molecule has 1 fully saturated rings. The minimum absolute atomic E-state index is 0.0216. The van der Waals surface area contributed by atoms with Gasteiger partial charge in [-0.1, -0.05) is 0 Å². The van der Waals surface area contributed by atoms with Crippen LogP contribution in [0.3, 0.4) is 0 Å². The van der Waals surface area contributed by atoms with Gasteiger partial charge in [-0.05, 0) is 20.8 Å². The van der Waals surface area contributed by atoms with E-state index < -0.39 is 0 Å². The highest BCUT2D eigenvalue weighted by Gasteiger charge is 2.24. The fraction of sp³-hybridized carbons (Fsp3) is 0.833. The summed E-state index contributed by atoms with van der Waals surface area (Å²) in [5.41, 5.74) is 0.0260. The Labute approximate surface area is 103 Å². The standard InChI is InChI=1S/C12H23N3O2/c1-12(2,3)13-6-5-10(16)15-8-7-14(4)11(17)9-15/h13H,5-9H2,1-4H3. The molecule has 0 saturated carbocycles. The average molecular weight is 241 g/mol. The van der Waals surface area contributed by atoms with E-state index in [-0.39, 0.29) is 23.9 Å². The van der Waals surface area contributed by atoms with Gasteiger partial charge >= 0.3 is 0 Å². The molecule has 17 heavy (non-hydrogen) atoms. The molecule has 0 unspecified atom stereocenters. The smallest absolute Gasteiger partial charge is 0.241 e. The van der Waals surface area contributed by atoms with E-state index in [2.05, 4.69) is 26.1 Å². The number of nitrogens with one attached hydrogen (secondary N) is 1. The van der Waals surface area contributed by atoms with Crippen LogP contribution in [0.15, 0.2) is 0 Å². The van der Waals surface area contributed by atoms with Gasteiger partial charge in [0.25, 0.3) is 0 Å². The van der Waals surface area contributed by atoms with E-state index in [1.54, 1.807) is 16.8 Å². The Hall–Kier alpha value is -1.10. The molecule has 0 atom stereocenters. The molecule has 0 radical (unpaired) electrons. The summed E-state index contributed by atoms with van der Waals surface area (Å²) >= 11 is 0. The summed E-state index contributed by atoms with van der Waals surface area (Å²) in [5, 5.41) is 3.27. The molecule has 1 aliphatic rings. The molecular weight excluding hydrogens is 218 g/mol. The Bertz CT molecular complexity index is 297. The van der Waals surface area contributed by atoms with E-state index in [0.717, 1.165) is 0 Å². The van der Waals surface area contributed by atoms with Crippen molar-refractivity contribution in [2.45, 2.75) is 32.7 Å². The molecule has 1 aliphatic heterocycles. The van der Waals surface area contributed by atoms with Crippen LogP contribution in [-0.4, -0.2) is 60.4 Å². The predicted octanol–water partition coefficient (Wildman–Crippen LogP) is 0.0652. The zero-order chi connectivity index (χ0) is 13.1. The van der Waals surface area contributed by atoms with Gasteiger partial charge in [0.2, 0.25) is 11.8 Å². The van der Waals surface area contributed by atoms with Gasteiger partial charge in [-0.15, -0.1) is 0 Å². The van der Waals surface area contributed by atoms with Crippen LogP contribution in [0.4, 0.5) is 0 Å². The van der Waals surface area contributed by atoms with Gasteiger partial charge in [-0.2, -0.15) is 0 Å². The number of nitrogens with zero attached hydrogens (tertiary/aromatic N) is 2. The van der Waals surface area contributed by atoms with Crippen molar-refractivity contribution in [2.24, 2.45) is 0 Å². The van der Waals surface area contributed by atoms with Gasteiger partial charge in [0, 0.05) is 38.6 Å². The fourth-order valence-electron chi connectivity index (χ4n) is 1.67. The van der Waals surface area contributed by atoms with Crippen molar-refractivity contribution in [3.63, 3.8) is 0 Å². The quantitative estimate of drug-likeness (QED) is 0.760. The lowest BCUT2D eigenvalue weighted by atomic mass is 10.1. The van der Waals surface area contributed by atoms with Gasteiger partial charge in [-0.25, -0.2) is 0 Å². The van der Waals surface area contributed by atoms with Crippen molar-refractivity contribution in [1.82, 2.24) is 15.1 Å². The summed E-state index contributed by atoms with van der Waals surface area (Å²) in [7, 11) is 1.77. The number of likely N-dealkylation sites (N-methyl/N-ethyl adjacent to an activating group) is 1. The number of rotatable bonds is 3. The Morgan fingerprint density at radius 1 is 1.35 bits per heavy atom. The monoisotopic (exact) mass is 241 g/mol. The number of carbonyl (C=O) groups excluding carboxylic acids is 2. The van der Waals surface area contributed by atoms with Crippen LogP contribution < -0.4 is 5.32 Å². The number of carbonyl (C=O) groups is 2. The number of hydrogen-bond acceptors (Lipinski definition) is 3. The lowest BCUT2D eigenvalue weighted by molar-refractivity contribution is -0.144. The zero-order valence-corrected chi connectivity index (χ0v) is 11.2. The molecule has 1 rings (SSSR count). The molecular formula is C12H23N3O2. The first kappa shape index (κ1) is 14.0. The molecule has 0 aliphatic carbocycles. The second-order valence-corrected chi connectivity index (χ2v) is 5.56. The molecule has 0 spiro atoms. The zero-order valence-electron chi connectivity index (χ0n) is 11.2. The maximum absolute atomic E-state index is 11.9. The molecule has 0 aromatic rings. The van der Waals surface area contributed by atoms with Gasteiger partial charge in [0.15, 0.2) is 0 Å². The second kappa shape index (κ2) is 5.49. The maximum atomic E-state index is 11.9. The van der Waals surface area contributed by atoms with Crippen LogP contribution in [0.25, 0.3) is 0 Å². The SMILES string of the molecule is CN1CCN(C(=O)CCNC(C)(C)C)CC1=O. The first-order chi connectivity index (χ1) is 7.79. The third-order valence-corrected chi connectivity index (χ3v) is 2.80. The lowest BCUT2D eigenvalue weighted by Gasteiger charge is -2.32. The molecule has 98 valence electrons. The Balaban J connectivity index is 2.31. The summed E-state index contributed by atoms with van der Waals surface area (Å²) < 4.78 is 0. The lowest BCUT2D eigenvalue weighted by Crippen LogP contribution is -2.51. The Kier molecular flexibility index (Phi) is 4.51. The number of hydrogen-bond donors (Lipinski definition) is 1. The van der Waals surface area contributed by atoms with Crippen molar-refractivity contribution in [3.05, 3.63) is 0 Å². The summed E-state index contributed by atoms with van der Waals surface area (Å²) in [6.07, 6.45) is 0.453. The first-order valence-electron chi connectivity index (χ1n) is 6.06. The molecule has 0 bridgehead atoms. The van der Waals surface area contributed by atoms with Crippen LogP contribution in [0.1, 0.15) is 27.2 Å². The van der Waals surface area contributed by atoms with E-state index in [1.807, 2.05) is 0 Å². The maximum Gasteiger partial charge on any atom is 0.241 e. The fourth-order valence-corrected chi connectivity index (χ4v) is 1.67. The summed E-state index contributed by atoms with van der Waals surface area (Å²) in [6, 6.07) is 0. The third-order valence-electron chi connectivity index (χ3n) is 2.80.